The fourth-order valence-corrected chi connectivity index (χ4v) is 4.92. The van der Waals surface area contributed by atoms with E-state index < -0.39 is 5.82 Å². The monoisotopic (exact) mass is 463 g/mol. The summed E-state index contributed by atoms with van der Waals surface area (Å²) in [6.45, 7) is 6.70. The number of benzene rings is 2. The summed E-state index contributed by atoms with van der Waals surface area (Å²) in [4.78, 5) is 29.6. The Morgan fingerprint density at radius 2 is 1.71 bits per heavy atom. The van der Waals surface area contributed by atoms with Gasteiger partial charge in [0, 0.05) is 44.2 Å². The highest BCUT2D eigenvalue weighted by atomic mass is 19.1. The van der Waals surface area contributed by atoms with Gasteiger partial charge in [-0.25, -0.2) is 4.39 Å². The van der Waals surface area contributed by atoms with Crippen molar-refractivity contribution in [2.75, 3.05) is 31.1 Å². The molecule has 0 saturated carbocycles. The van der Waals surface area contributed by atoms with Crippen molar-refractivity contribution in [3.8, 4) is 6.07 Å². The van der Waals surface area contributed by atoms with E-state index in [1.807, 2.05) is 18.2 Å². The highest BCUT2D eigenvalue weighted by Crippen LogP contribution is 2.25. The minimum absolute atomic E-state index is 0.0800. The van der Waals surface area contributed by atoms with E-state index in [-0.39, 0.29) is 40.9 Å². The van der Waals surface area contributed by atoms with Crippen LogP contribution >= 0.6 is 0 Å². The van der Waals surface area contributed by atoms with Crippen LogP contribution in [0.4, 0.5) is 10.1 Å². The average molecular weight is 464 g/mol. The summed E-state index contributed by atoms with van der Waals surface area (Å²) in [6, 6.07) is 13.7. The lowest BCUT2D eigenvalue weighted by atomic mass is 9.89. The molecule has 0 unspecified atom stereocenters. The van der Waals surface area contributed by atoms with Gasteiger partial charge in [0.15, 0.2) is 0 Å². The van der Waals surface area contributed by atoms with Crippen LogP contribution in [0.1, 0.15) is 48.2 Å². The van der Waals surface area contributed by atoms with E-state index in [0.717, 1.165) is 30.4 Å². The Morgan fingerprint density at radius 3 is 2.32 bits per heavy atom. The first kappa shape index (κ1) is 23.9. The van der Waals surface area contributed by atoms with Gasteiger partial charge in [-0.1, -0.05) is 12.1 Å². The van der Waals surface area contributed by atoms with E-state index in [2.05, 4.69) is 30.9 Å². The minimum Gasteiger partial charge on any atom is -0.372 e. The SMILES string of the molecule is C[C@@H]1CN(c2ccc(CC(=O)C3CCN(C(=O)c4cc(F)ccc4C#N)CC3)cc2)C[C@H](C)O1. The van der Waals surface area contributed by atoms with Crippen LogP contribution < -0.4 is 4.90 Å². The van der Waals surface area contributed by atoms with Crippen LogP contribution in [0.15, 0.2) is 42.5 Å². The molecule has 2 fully saturated rings. The molecule has 7 heteroatoms. The first-order valence-electron chi connectivity index (χ1n) is 11.8. The lowest BCUT2D eigenvalue weighted by Crippen LogP contribution is -2.45. The summed E-state index contributed by atoms with van der Waals surface area (Å²) in [7, 11) is 0. The highest BCUT2D eigenvalue weighted by molar-refractivity contribution is 5.97. The average Bonchev–Trinajstić information content (AvgIpc) is 2.83. The summed E-state index contributed by atoms with van der Waals surface area (Å²) < 4.78 is 19.4. The first-order chi connectivity index (χ1) is 16.3. The van der Waals surface area contributed by atoms with Crippen molar-refractivity contribution in [2.24, 2.45) is 5.92 Å². The number of rotatable bonds is 5. The van der Waals surface area contributed by atoms with Crippen molar-refractivity contribution in [3.05, 3.63) is 65.0 Å². The van der Waals surface area contributed by atoms with Gasteiger partial charge in [0.2, 0.25) is 0 Å². The Bertz CT molecular complexity index is 1080. The lowest BCUT2D eigenvalue weighted by Gasteiger charge is -2.37. The zero-order valence-corrected chi connectivity index (χ0v) is 19.7. The molecule has 2 atom stereocenters. The first-order valence-corrected chi connectivity index (χ1v) is 11.8. The molecule has 0 N–H and O–H groups in total. The summed E-state index contributed by atoms with van der Waals surface area (Å²) in [5.74, 6) is -0.829. The minimum atomic E-state index is -0.545. The zero-order valence-electron chi connectivity index (χ0n) is 19.7. The van der Waals surface area contributed by atoms with Crippen molar-refractivity contribution >= 4 is 17.4 Å². The van der Waals surface area contributed by atoms with Crippen molar-refractivity contribution in [3.63, 3.8) is 0 Å². The number of ether oxygens (including phenoxy) is 1. The number of hydrogen-bond acceptors (Lipinski definition) is 5. The Hall–Kier alpha value is -3.24. The van der Waals surface area contributed by atoms with Gasteiger partial charge < -0.3 is 14.5 Å². The van der Waals surface area contributed by atoms with Crippen LogP contribution in [-0.2, 0) is 16.0 Å². The standard InChI is InChI=1S/C27H30FN3O3/c1-18-16-31(17-19(2)34-18)24-7-3-20(4-8-24)13-26(32)21-9-11-30(12-10-21)27(33)25-14-23(28)6-5-22(25)15-29/h3-8,14,18-19,21H,9-13,16-17H2,1-2H3/t18-,19+. The third-order valence-corrected chi connectivity index (χ3v) is 6.67. The van der Waals surface area contributed by atoms with Gasteiger partial charge in [0.25, 0.3) is 5.91 Å². The van der Waals surface area contributed by atoms with Gasteiger partial charge >= 0.3 is 0 Å². The van der Waals surface area contributed by atoms with Crippen molar-refractivity contribution in [1.82, 2.24) is 4.90 Å². The Kier molecular flexibility index (Phi) is 7.28. The maximum atomic E-state index is 13.6. The normalized spacial score (nSPS) is 21.2. The number of piperidine rings is 1. The number of morpholine rings is 1. The van der Waals surface area contributed by atoms with Gasteiger partial charge in [-0.3, -0.25) is 9.59 Å². The molecule has 0 bridgehead atoms. The van der Waals surface area contributed by atoms with Gasteiger partial charge in [-0.15, -0.1) is 0 Å². The Labute approximate surface area is 199 Å². The van der Waals surface area contributed by atoms with Gasteiger partial charge in [-0.2, -0.15) is 5.26 Å². The second kappa shape index (κ2) is 10.4. The van der Waals surface area contributed by atoms with E-state index in [1.54, 1.807) is 4.90 Å². The number of anilines is 1. The molecule has 0 aliphatic carbocycles. The van der Waals surface area contributed by atoms with E-state index >= 15 is 0 Å². The molecule has 34 heavy (non-hydrogen) atoms. The van der Waals surface area contributed by atoms with Gasteiger partial charge in [0.05, 0.1) is 29.4 Å². The molecule has 2 aromatic rings. The molecule has 2 aliphatic heterocycles. The molecule has 1 amide bonds. The second-order valence-corrected chi connectivity index (χ2v) is 9.34. The van der Waals surface area contributed by atoms with E-state index in [1.165, 1.54) is 12.1 Å². The molecular weight excluding hydrogens is 433 g/mol. The molecule has 0 aromatic heterocycles. The summed E-state index contributed by atoms with van der Waals surface area (Å²) in [6.07, 6.45) is 1.90. The zero-order chi connectivity index (χ0) is 24.2. The fraction of sp³-hybridized carbons (Fsp3) is 0.444. The van der Waals surface area contributed by atoms with E-state index in [9.17, 15) is 19.2 Å². The highest BCUT2D eigenvalue weighted by Gasteiger charge is 2.29. The Morgan fingerprint density at radius 1 is 1.06 bits per heavy atom. The summed E-state index contributed by atoms with van der Waals surface area (Å²) in [5, 5.41) is 9.23. The van der Waals surface area contributed by atoms with Gasteiger partial charge in [-0.05, 0) is 62.6 Å². The van der Waals surface area contributed by atoms with Crippen LogP contribution in [-0.4, -0.2) is 55.0 Å². The van der Waals surface area contributed by atoms with Crippen LogP contribution in [0.3, 0.4) is 0 Å². The third-order valence-electron chi connectivity index (χ3n) is 6.67. The summed E-state index contributed by atoms with van der Waals surface area (Å²) in [5.41, 5.74) is 2.37. The predicted octanol–water partition coefficient (Wildman–Crippen LogP) is 3.97. The molecular formula is C27H30FN3O3. The van der Waals surface area contributed by atoms with Gasteiger partial charge in [0.1, 0.15) is 11.6 Å². The Balaban J connectivity index is 1.31. The van der Waals surface area contributed by atoms with Crippen LogP contribution in [0.5, 0.6) is 0 Å². The van der Waals surface area contributed by atoms with Crippen LogP contribution in [0.2, 0.25) is 0 Å². The van der Waals surface area contributed by atoms with E-state index in [4.69, 9.17) is 4.74 Å². The molecule has 6 nitrogen and oxygen atoms in total. The smallest absolute Gasteiger partial charge is 0.255 e. The van der Waals surface area contributed by atoms with Crippen molar-refractivity contribution in [1.29, 1.82) is 5.26 Å². The summed E-state index contributed by atoms with van der Waals surface area (Å²) >= 11 is 0. The largest absolute Gasteiger partial charge is 0.372 e. The fourth-order valence-electron chi connectivity index (χ4n) is 4.92. The number of carbonyl (C=O) groups excluding carboxylic acids is 2. The van der Waals surface area contributed by atoms with E-state index in [0.29, 0.717) is 32.4 Å². The number of amides is 1. The molecule has 178 valence electrons. The van der Waals surface area contributed by atoms with Crippen LogP contribution in [0.25, 0.3) is 0 Å². The number of likely N-dealkylation sites (tertiary alicyclic amines) is 1. The molecule has 2 heterocycles. The number of halogens is 1. The topological polar surface area (TPSA) is 73.6 Å². The van der Waals surface area contributed by atoms with Crippen LogP contribution in [0, 0.1) is 23.1 Å². The molecule has 2 aliphatic rings. The number of ketones is 1. The number of Topliss-reactive ketones (excluding diaryl/α,β-unsaturated/α-hetero) is 1. The van der Waals surface area contributed by atoms with Crippen molar-refractivity contribution < 1.29 is 18.7 Å². The molecule has 2 aromatic carbocycles. The quantitative estimate of drug-likeness (QED) is 0.671. The number of nitriles is 1. The number of nitrogens with zero attached hydrogens (tertiary/aromatic N) is 3. The molecule has 2 saturated heterocycles. The predicted molar refractivity (Wildman–Crippen MR) is 127 cm³/mol. The molecule has 0 spiro atoms. The number of hydrogen-bond donors (Lipinski definition) is 0. The maximum Gasteiger partial charge on any atom is 0.255 e. The molecule has 0 radical (unpaired) electrons. The number of carbonyl (C=O) groups is 2. The third kappa shape index (κ3) is 5.45. The second-order valence-electron chi connectivity index (χ2n) is 9.34. The maximum absolute atomic E-state index is 13.6. The lowest BCUT2D eigenvalue weighted by molar-refractivity contribution is -0.123. The molecule has 4 rings (SSSR count). The van der Waals surface area contributed by atoms with Crippen molar-refractivity contribution in [2.45, 2.75) is 45.3 Å².